The molecule has 10 fully saturated rings. The van der Waals surface area contributed by atoms with E-state index in [1.165, 1.54) is 36.0 Å². The van der Waals surface area contributed by atoms with Gasteiger partial charge in [-0.15, -0.1) is 0 Å². The number of hydrogen-bond acceptors (Lipinski definition) is 9. The summed E-state index contributed by atoms with van der Waals surface area (Å²) in [6.07, 6.45) is 19.7. The molecule has 2 spiro atoms. The van der Waals surface area contributed by atoms with Crippen molar-refractivity contribution in [2.75, 3.05) is 13.2 Å². The lowest BCUT2D eigenvalue weighted by molar-refractivity contribution is -0.375. The van der Waals surface area contributed by atoms with Crippen LogP contribution in [0.3, 0.4) is 0 Å². The minimum atomic E-state index is -4.73. The van der Waals surface area contributed by atoms with Crippen LogP contribution in [-0.4, -0.2) is 77.5 Å². The second kappa shape index (κ2) is 15.0. The third-order valence-corrected chi connectivity index (χ3v) is 25.4. The van der Waals surface area contributed by atoms with Crippen molar-refractivity contribution in [2.24, 2.45) is 79.8 Å². The average Bonchev–Trinajstić information content (AvgIpc) is 3.85. The van der Waals surface area contributed by atoms with Crippen molar-refractivity contribution in [3.05, 3.63) is 33.9 Å². The Morgan fingerprint density at radius 1 is 0.783 bits per heavy atom. The van der Waals surface area contributed by atoms with Crippen molar-refractivity contribution >= 4 is 10.4 Å². The molecule has 6 saturated heterocycles. The van der Waals surface area contributed by atoms with Gasteiger partial charge in [0.2, 0.25) is 0 Å². The van der Waals surface area contributed by atoms with Crippen LogP contribution in [0.25, 0.3) is 0 Å². The van der Waals surface area contributed by atoms with Crippen molar-refractivity contribution in [1.82, 2.24) is 0 Å². The second-order valence-electron chi connectivity index (χ2n) is 28.5. The summed E-state index contributed by atoms with van der Waals surface area (Å²) in [5.74, 6) is 0.650. The number of rotatable bonds is 8. The van der Waals surface area contributed by atoms with Crippen LogP contribution in [-0.2, 0) is 33.5 Å². The van der Waals surface area contributed by atoms with Crippen molar-refractivity contribution in [3.8, 4) is 0 Å². The quantitative estimate of drug-likeness (QED) is 0.159. The lowest BCUT2D eigenvalue weighted by Crippen LogP contribution is -2.71. The fourth-order valence-electron chi connectivity index (χ4n) is 21.3. The fourth-order valence-corrected chi connectivity index (χ4v) is 21.8. The van der Waals surface area contributed by atoms with Gasteiger partial charge >= 0.3 is 10.4 Å². The molecule has 69 heavy (non-hydrogen) atoms. The molecule has 0 aromatic heterocycles. The molecule has 1 unspecified atom stereocenters. The zero-order chi connectivity index (χ0) is 49.1. The minimum absolute atomic E-state index is 0.0130. The molecule has 0 aromatic rings. The molecule has 14 aliphatic rings. The van der Waals surface area contributed by atoms with E-state index in [0.29, 0.717) is 67.5 Å². The largest absolute Gasteiger partial charge is 0.397 e. The fraction of sp³-hybridized carbons (Fsp3) is 0.897. The van der Waals surface area contributed by atoms with Gasteiger partial charge in [0.05, 0.1) is 42.7 Å². The summed E-state index contributed by atoms with van der Waals surface area (Å²) < 4.78 is 68.5. The number of fused-ring (bicyclic) bond motifs is 10. The van der Waals surface area contributed by atoms with Gasteiger partial charge in [-0.05, 0) is 176 Å². The summed E-state index contributed by atoms with van der Waals surface area (Å²) in [6, 6.07) is 0. The highest BCUT2D eigenvalue weighted by Crippen LogP contribution is 2.74. The molecule has 18 atom stereocenters. The molecular weight excluding hydrogens is 889 g/mol. The third kappa shape index (κ3) is 6.45. The van der Waals surface area contributed by atoms with E-state index in [-0.39, 0.29) is 51.0 Å². The van der Waals surface area contributed by atoms with Gasteiger partial charge in [-0.2, -0.15) is 8.42 Å². The predicted octanol–water partition coefficient (Wildman–Crippen LogP) is 11.6. The van der Waals surface area contributed by atoms with E-state index < -0.39 is 38.9 Å². The average molecular weight is 977 g/mol. The van der Waals surface area contributed by atoms with Gasteiger partial charge in [0.1, 0.15) is 0 Å². The highest BCUT2D eigenvalue weighted by Gasteiger charge is 2.72. The van der Waals surface area contributed by atoms with E-state index in [1.54, 1.807) is 11.1 Å². The number of hydrogen-bond donors (Lipinski definition) is 3. The Morgan fingerprint density at radius 3 is 2.10 bits per heavy atom. The van der Waals surface area contributed by atoms with Crippen LogP contribution in [0.5, 0.6) is 0 Å². The highest BCUT2D eigenvalue weighted by atomic mass is 32.3. The predicted molar refractivity (Wildman–Crippen MR) is 264 cm³/mol. The summed E-state index contributed by atoms with van der Waals surface area (Å²) >= 11 is 0. The van der Waals surface area contributed by atoms with Crippen LogP contribution < -0.4 is 0 Å². The van der Waals surface area contributed by atoms with Gasteiger partial charge < -0.3 is 29.2 Å². The van der Waals surface area contributed by atoms with Crippen LogP contribution in [0.2, 0.25) is 0 Å². The Morgan fingerprint density at radius 2 is 1.43 bits per heavy atom. The first kappa shape index (κ1) is 48.8. The van der Waals surface area contributed by atoms with Crippen molar-refractivity contribution in [2.45, 2.75) is 233 Å². The van der Waals surface area contributed by atoms with Crippen molar-refractivity contribution < 1.29 is 46.3 Å². The molecular formula is C58H88O10S. The first-order chi connectivity index (χ1) is 32.1. The van der Waals surface area contributed by atoms with Gasteiger partial charge in [-0.1, -0.05) is 89.3 Å². The van der Waals surface area contributed by atoms with E-state index in [1.807, 2.05) is 13.8 Å². The van der Waals surface area contributed by atoms with E-state index in [2.05, 4.69) is 68.4 Å². The van der Waals surface area contributed by atoms with Crippen LogP contribution in [0.1, 0.15) is 192 Å². The van der Waals surface area contributed by atoms with Crippen LogP contribution in [0.4, 0.5) is 0 Å². The zero-order valence-corrected chi connectivity index (χ0v) is 45.0. The smallest absolute Gasteiger partial charge is 0.372 e. The Labute approximate surface area is 414 Å². The molecule has 10 nitrogen and oxygen atoms in total. The molecule has 0 amide bonds. The molecule has 6 heterocycles. The van der Waals surface area contributed by atoms with Crippen LogP contribution >= 0.6 is 0 Å². The maximum absolute atomic E-state index is 12.6. The van der Waals surface area contributed by atoms with Crippen LogP contribution in [0, 0.1) is 79.8 Å². The summed E-state index contributed by atoms with van der Waals surface area (Å²) in [7, 11) is -4.73. The minimum Gasteiger partial charge on any atom is -0.372 e. The highest BCUT2D eigenvalue weighted by molar-refractivity contribution is 7.80. The van der Waals surface area contributed by atoms with Gasteiger partial charge in [-0.3, -0.25) is 4.55 Å². The number of ether oxygens (including phenoxy) is 4. The van der Waals surface area contributed by atoms with Crippen LogP contribution in [0.15, 0.2) is 33.9 Å². The topological polar surface area (TPSA) is 141 Å². The Bertz CT molecular complexity index is 2360. The van der Waals surface area contributed by atoms with Gasteiger partial charge in [-0.25, -0.2) is 4.18 Å². The Kier molecular flexibility index (Phi) is 10.6. The molecule has 11 heteroatoms. The summed E-state index contributed by atoms with van der Waals surface area (Å²) in [5.41, 5.74) is 5.82. The molecule has 6 aliphatic heterocycles. The third-order valence-electron chi connectivity index (χ3n) is 24.9. The molecule has 6 bridgehead atoms. The van der Waals surface area contributed by atoms with E-state index >= 15 is 0 Å². The molecule has 3 N–H and O–H groups in total. The summed E-state index contributed by atoms with van der Waals surface area (Å²) in [6.45, 7) is 26.6. The Balaban J connectivity index is 0.778. The molecule has 0 aromatic carbocycles. The van der Waals surface area contributed by atoms with E-state index in [0.717, 1.165) is 83.5 Å². The standard InChI is InChI=1S/C58H88O10S/c1-33(38-14-16-40-36-13-18-46-49(3,4)57(59)26-24-55(46,31-64-57)42(36)20-22-52(38,40)9)12-19-47-54(11)30-35(51(7,8)68-54)28-44(66-47)34(2)39-15-17-41-37-29-45(67-69(61,62)63)48-50(5,6)58(60)27-25-56(48,32-65-58)43(37)21-23-53(39,41)10/h18,33-35,38-41,44-45,47-48,59-60H,12-17,19-32H2,1-11H3,(H,61,62,63)/t33-,34+,35-,38-,39-,40+,41+,44-,45+,47+,48?,52-,53-,54-,55+,56+,57-,58-/m1/s1. The normalized spacial score (nSPS) is 51.7. The second-order valence-corrected chi connectivity index (χ2v) is 29.6. The van der Waals surface area contributed by atoms with Gasteiger partial charge in [0.25, 0.3) is 0 Å². The van der Waals surface area contributed by atoms with Crippen molar-refractivity contribution in [3.63, 3.8) is 0 Å². The monoisotopic (exact) mass is 977 g/mol. The number of allylic oxidation sites excluding steroid dienone is 2. The molecule has 8 aliphatic carbocycles. The maximum atomic E-state index is 12.6. The molecule has 386 valence electrons. The molecule has 14 rings (SSSR count). The molecule has 0 radical (unpaired) electrons. The number of aliphatic hydroxyl groups is 2. The summed E-state index contributed by atoms with van der Waals surface area (Å²) in [5, 5.41) is 23.3. The van der Waals surface area contributed by atoms with E-state index in [4.69, 9.17) is 23.1 Å². The first-order valence-corrected chi connectivity index (χ1v) is 29.3. The van der Waals surface area contributed by atoms with Gasteiger partial charge in [0, 0.05) is 40.4 Å². The lowest BCUT2D eigenvalue weighted by Gasteiger charge is -2.68. The first-order valence-electron chi connectivity index (χ1n) is 28.0. The molecule has 4 saturated carbocycles. The lowest BCUT2D eigenvalue weighted by atomic mass is 9.42. The Hall–Kier alpha value is -1.15. The maximum Gasteiger partial charge on any atom is 0.397 e. The zero-order valence-electron chi connectivity index (χ0n) is 44.2. The SMILES string of the molecule is C[C@@H]([C@H]1CC[C@H]2C3=C(CC[C@]12C)[C@]12CC[C@@](O)(OC1)C(C)(C)C2[C@@H](OS(=O)(=O)O)C3)[C@H]1C[C@@H]2C[C@@](C)(OC2(C)C)[C@H](CC[C@@H](C)[C@H]2CC[C@H]3C4=C(CC[C@]23C)[C@]23CC[C@@](O)(OC2)C(C)(C)C3=CC4)O1. The summed E-state index contributed by atoms with van der Waals surface area (Å²) in [4.78, 5) is 0. The van der Waals surface area contributed by atoms with Gasteiger partial charge in [0.15, 0.2) is 11.6 Å². The van der Waals surface area contributed by atoms with Crippen molar-refractivity contribution in [1.29, 1.82) is 0 Å². The van der Waals surface area contributed by atoms with E-state index in [9.17, 15) is 23.2 Å².